The molecule has 3 nitrogen and oxygen atoms in total. The summed E-state index contributed by atoms with van der Waals surface area (Å²) in [5.41, 5.74) is 0. The van der Waals surface area contributed by atoms with Crippen LogP contribution < -0.4 is 51.4 Å². The van der Waals surface area contributed by atoms with Crippen molar-refractivity contribution in [3.8, 4) is 0 Å². The van der Waals surface area contributed by atoms with E-state index < -0.39 is 10.5 Å². The van der Waals surface area contributed by atoms with Crippen molar-refractivity contribution >= 4 is 10.5 Å². The van der Waals surface area contributed by atoms with Gasteiger partial charge in [-0.3, -0.25) is 0 Å². The van der Waals surface area contributed by atoms with E-state index in [-0.39, 0.29) is 51.4 Å². The van der Waals surface area contributed by atoms with Gasteiger partial charge in [-0.15, -0.1) is 0 Å². The van der Waals surface area contributed by atoms with Crippen LogP contribution in [0, 0.1) is 0 Å². The predicted molar refractivity (Wildman–Crippen MR) is 12.2 cm³/mol. The van der Waals surface area contributed by atoms with Gasteiger partial charge in [0, 0.05) is 0 Å². The molecule has 0 aromatic carbocycles. The van der Waals surface area contributed by atoms with Gasteiger partial charge in [-0.25, -0.2) is 0 Å². The Labute approximate surface area is 81.8 Å². The molecule has 0 fully saturated rings. The Balaban J connectivity index is 0. The molecular weight excluding hydrogens is 157 g/mol. The van der Waals surface area contributed by atoms with Gasteiger partial charge in [0.25, 0.3) is 0 Å². The van der Waals surface area contributed by atoms with Gasteiger partial charge >= 0.3 is 61.9 Å². The van der Waals surface area contributed by atoms with Crippen LogP contribution in [0.2, 0.25) is 0 Å². The van der Waals surface area contributed by atoms with Crippen molar-refractivity contribution < 1.29 is 72.6 Å². The fourth-order valence-electron chi connectivity index (χ4n) is 0. The average Bonchev–Trinajstić information content (AvgIpc) is 1.35. The van der Waals surface area contributed by atoms with Crippen molar-refractivity contribution in [1.82, 2.24) is 0 Å². The van der Waals surface area contributed by atoms with Crippen molar-refractivity contribution in [2.45, 2.75) is 0 Å². The van der Waals surface area contributed by atoms with Crippen molar-refractivity contribution in [2.24, 2.45) is 0 Å². The van der Waals surface area contributed by atoms with E-state index >= 15 is 0 Å². The van der Waals surface area contributed by atoms with Gasteiger partial charge in [-0.2, -0.15) is 8.42 Å². The molecule has 0 aromatic rings. The maximum absolute atomic E-state index is 10.5. The molecular formula is F2KO3S+. The number of rotatable bonds is 1. The van der Waals surface area contributed by atoms with E-state index in [2.05, 4.69) is 0 Å². The number of halogens is 2. The molecule has 0 N–H and O–H groups in total. The molecule has 7 heteroatoms. The quantitative estimate of drug-likeness (QED) is 0.303. The van der Waals surface area contributed by atoms with E-state index in [9.17, 15) is 8.41 Å². The monoisotopic (exact) mass is 157 g/mol. The molecule has 7 heavy (non-hydrogen) atoms. The fourth-order valence-corrected chi connectivity index (χ4v) is 0. The van der Waals surface area contributed by atoms with Crippen LogP contribution in [0.5, 0.6) is 0 Å². The summed E-state index contributed by atoms with van der Waals surface area (Å²) in [5, 5.41) is 0. The fraction of sp³-hybridized carbons (Fsp3) is 0. The van der Waals surface area contributed by atoms with Gasteiger partial charge in [0.1, 0.15) is 0 Å². The second kappa shape index (κ2) is 4.30. The minimum Gasteiger partial charge on any atom is -0.162 e. The van der Waals surface area contributed by atoms with Crippen molar-refractivity contribution in [2.75, 3.05) is 0 Å². The van der Waals surface area contributed by atoms with Crippen LogP contribution in [0.1, 0.15) is 0 Å². The zero-order valence-electron chi connectivity index (χ0n) is 3.39. The molecule has 0 radical (unpaired) electrons. The molecule has 0 spiro atoms. The van der Waals surface area contributed by atoms with Gasteiger partial charge in [0.15, 0.2) is 0 Å². The number of hydrogen-bond acceptors (Lipinski definition) is 3. The molecule has 0 aliphatic rings. The van der Waals surface area contributed by atoms with E-state index in [1.807, 2.05) is 0 Å². The van der Waals surface area contributed by atoms with Crippen LogP contribution in [-0.4, -0.2) is 8.42 Å². The summed E-state index contributed by atoms with van der Waals surface area (Å²) in [7, 11) is -5.33. The predicted octanol–water partition coefficient (Wildman–Crippen LogP) is -2.89. The Kier molecular flexibility index (Phi) is 6.90. The zero-order valence-corrected chi connectivity index (χ0v) is 7.33. The maximum Gasteiger partial charge on any atom is 1.00 e. The summed E-state index contributed by atoms with van der Waals surface area (Å²) in [6.45, 7) is 0. The van der Waals surface area contributed by atoms with E-state index in [1.165, 1.54) is 0 Å². The minimum atomic E-state index is -5.33. The number of hydrogen-bond donors (Lipinski definition) is 0. The maximum atomic E-state index is 10.5. The largest absolute Gasteiger partial charge is 1.00 e. The van der Waals surface area contributed by atoms with Gasteiger partial charge in [-0.1, -0.05) is 3.89 Å². The van der Waals surface area contributed by atoms with Crippen LogP contribution in [0.15, 0.2) is 0 Å². The van der Waals surface area contributed by atoms with E-state index in [0.717, 1.165) is 0 Å². The first-order valence-electron chi connectivity index (χ1n) is 0.809. The first kappa shape index (κ1) is 11.2. The topological polar surface area (TPSA) is 43.4 Å². The molecule has 0 saturated carbocycles. The Hall–Kier alpha value is 1.41. The minimum absolute atomic E-state index is 0. The summed E-state index contributed by atoms with van der Waals surface area (Å²) < 4.78 is 39.7. The van der Waals surface area contributed by atoms with Crippen molar-refractivity contribution in [3.63, 3.8) is 0 Å². The van der Waals surface area contributed by atoms with Crippen molar-refractivity contribution in [3.05, 3.63) is 0 Å². The zero-order chi connectivity index (χ0) is 5.21. The summed E-state index contributed by atoms with van der Waals surface area (Å²) >= 11 is 0. The third-order valence-electron chi connectivity index (χ3n) is 0.0752. The summed E-state index contributed by atoms with van der Waals surface area (Å²) in [5.74, 6) is 0. The van der Waals surface area contributed by atoms with Gasteiger partial charge in [0.2, 0.25) is 0 Å². The molecule has 0 aliphatic heterocycles. The van der Waals surface area contributed by atoms with E-state index in [1.54, 1.807) is 4.39 Å². The third kappa shape index (κ3) is 11.1. The smallest absolute Gasteiger partial charge is 0.162 e. The molecule has 0 aliphatic carbocycles. The summed E-state index contributed by atoms with van der Waals surface area (Å²) in [6, 6.07) is 0. The van der Waals surface area contributed by atoms with Crippen LogP contribution in [0.3, 0.4) is 0 Å². The third-order valence-corrected chi connectivity index (χ3v) is 0.226. The van der Waals surface area contributed by atoms with Crippen LogP contribution >= 0.6 is 0 Å². The molecule has 0 amide bonds. The Morgan fingerprint density at radius 1 is 1.43 bits per heavy atom. The molecule has 0 bridgehead atoms. The second-order valence-corrected chi connectivity index (χ2v) is 1.37. The summed E-state index contributed by atoms with van der Waals surface area (Å²) in [6.07, 6.45) is 0. The second-order valence-electron chi connectivity index (χ2n) is 0.456. The Bertz CT molecular complexity index is 115. The molecule has 0 heterocycles. The van der Waals surface area contributed by atoms with Gasteiger partial charge < -0.3 is 0 Å². The molecule has 0 saturated heterocycles. The molecule has 0 unspecified atom stereocenters. The average molecular weight is 157 g/mol. The molecule has 0 rings (SSSR count). The first-order valence-corrected chi connectivity index (χ1v) is 2.12. The van der Waals surface area contributed by atoms with Crippen molar-refractivity contribution in [1.29, 1.82) is 0 Å². The molecule has 0 aromatic heterocycles. The van der Waals surface area contributed by atoms with Gasteiger partial charge in [0.05, 0.1) is 0 Å². The van der Waals surface area contributed by atoms with Crippen LogP contribution in [0.4, 0.5) is 8.41 Å². The Morgan fingerprint density at radius 2 is 1.57 bits per heavy atom. The SMILES string of the molecule is O=S(=O)(F)OF.[K+]. The van der Waals surface area contributed by atoms with Crippen LogP contribution in [-0.2, 0) is 14.9 Å². The molecule has 38 valence electrons. The van der Waals surface area contributed by atoms with E-state index in [0.29, 0.717) is 0 Å². The van der Waals surface area contributed by atoms with E-state index in [4.69, 9.17) is 8.42 Å². The normalized spacial score (nSPS) is 10.0. The van der Waals surface area contributed by atoms with Crippen LogP contribution in [0.25, 0.3) is 0 Å². The first-order chi connectivity index (χ1) is 2.56. The standard InChI is InChI=1S/F2O3S.K/c1-5-6(2,3)4;/q;+1. The summed E-state index contributed by atoms with van der Waals surface area (Å²) in [4.78, 5) is 0. The molecule has 0 atom stereocenters. The van der Waals surface area contributed by atoms with Gasteiger partial charge in [-0.05, 0) is 8.91 Å². The Morgan fingerprint density at radius 3 is 1.57 bits per heavy atom.